The van der Waals surface area contributed by atoms with E-state index >= 15 is 0 Å². The molecule has 6 heteroatoms. The SMILES string of the molecule is CC(C)NCCN(C)c1ccc(C(F)(F)F)cc1Br. The lowest BCUT2D eigenvalue weighted by Gasteiger charge is -2.22. The molecule has 0 heterocycles. The Morgan fingerprint density at radius 2 is 1.95 bits per heavy atom. The van der Waals surface area contributed by atoms with Crippen molar-refractivity contribution in [2.45, 2.75) is 26.1 Å². The minimum atomic E-state index is -4.31. The van der Waals surface area contributed by atoms with Crippen molar-refractivity contribution in [3.8, 4) is 0 Å². The zero-order valence-electron chi connectivity index (χ0n) is 11.2. The molecule has 0 bridgehead atoms. The van der Waals surface area contributed by atoms with Gasteiger partial charge in [-0.1, -0.05) is 13.8 Å². The van der Waals surface area contributed by atoms with Crippen LogP contribution in [0.1, 0.15) is 19.4 Å². The summed E-state index contributed by atoms with van der Waals surface area (Å²) in [5.74, 6) is 0. The van der Waals surface area contributed by atoms with Crippen molar-refractivity contribution in [2.75, 3.05) is 25.0 Å². The Balaban J connectivity index is 2.73. The van der Waals surface area contributed by atoms with Crippen LogP contribution in [0, 0.1) is 0 Å². The first kappa shape index (κ1) is 16.3. The number of halogens is 4. The predicted octanol–water partition coefficient (Wildman–Crippen LogP) is 3.90. The van der Waals surface area contributed by atoms with Crippen molar-refractivity contribution < 1.29 is 13.2 Å². The summed E-state index contributed by atoms with van der Waals surface area (Å²) in [5, 5.41) is 3.26. The van der Waals surface area contributed by atoms with Crippen molar-refractivity contribution in [1.82, 2.24) is 5.32 Å². The number of rotatable bonds is 5. The number of hydrogen-bond donors (Lipinski definition) is 1. The molecule has 108 valence electrons. The van der Waals surface area contributed by atoms with Crippen LogP contribution in [-0.4, -0.2) is 26.2 Å². The van der Waals surface area contributed by atoms with Crippen LogP contribution in [0.15, 0.2) is 22.7 Å². The highest BCUT2D eigenvalue weighted by atomic mass is 79.9. The maximum atomic E-state index is 12.5. The topological polar surface area (TPSA) is 15.3 Å². The smallest absolute Gasteiger partial charge is 0.372 e. The molecule has 19 heavy (non-hydrogen) atoms. The second-order valence-electron chi connectivity index (χ2n) is 4.69. The van der Waals surface area contributed by atoms with E-state index in [-0.39, 0.29) is 0 Å². The van der Waals surface area contributed by atoms with E-state index in [0.717, 1.165) is 30.9 Å². The lowest BCUT2D eigenvalue weighted by Crippen LogP contribution is -2.33. The second-order valence-corrected chi connectivity index (χ2v) is 5.55. The Morgan fingerprint density at radius 3 is 2.42 bits per heavy atom. The van der Waals surface area contributed by atoms with Gasteiger partial charge in [-0.05, 0) is 34.1 Å². The van der Waals surface area contributed by atoms with Gasteiger partial charge in [0.1, 0.15) is 0 Å². The first-order valence-electron chi connectivity index (χ1n) is 6.03. The number of hydrogen-bond acceptors (Lipinski definition) is 2. The number of nitrogens with zero attached hydrogens (tertiary/aromatic N) is 1. The van der Waals surface area contributed by atoms with Gasteiger partial charge < -0.3 is 10.2 Å². The Hall–Kier alpha value is -0.750. The van der Waals surface area contributed by atoms with Gasteiger partial charge in [0.25, 0.3) is 0 Å². The molecule has 0 saturated carbocycles. The fourth-order valence-corrected chi connectivity index (χ4v) is 2.32. The monoisotopic (exact) mass is 338 g/mol. The summed E-state index contributed by atoms with van der Waals surface area (Å²) >= 11 is 3.20. The average molecular weight is 339 g/mol. The lowest BCUT2D eigenvalue weighted by atomic mass is 10.2. The van der Waals surface area contributed by atoms with Crippen molar-refractivity contribution in [1.29, 1.82) is 0 Å². The summed E-state index contributed by atoms with van der Waals surface area (Å²) in [4.78, 5) is 1.92. The quantitative estimate of drug-likeness (QED) is 0.875. The predicted molar refractivity (Wildman–Crippen MR) is 75.6 cm³/mol. The van der Waals surface area contributed by atoms with Gasteiger partial charge in [-0.3, -0.25) is 0 Å². The fraction of sp³-hybridized carbons (Fsp3) is 0.538. The van der Waals surface area contributed by atoms with E-state index in [0.29, 0.717) is 10.5 Å². The van der Waals surface area contributed by atoms with E-state index in [1.165, 1.54) is 6.07 Å². The van der Waals surface area contributed by atoms with Crippen LogP contribution in [0.2, 0.25) is 0 Å². The molecular weight excluding hydrogens is 321 g/mol. The van der Waals surface area contributed by atoms with E-state index < -0.39 is 11.7 Å². The van der Waals surface area contributed by atoms with Crippen LogP contribution in [0.5, 0.6) is 0 Å². The highest BCUT2D eigenvalue weighted by molar-refractivity contribution is 9.10. The van der Waals surface area contributed by atoms with E-state index in [1.54, 1.807) is 0 Å². The number of likely N-dealkylation sites (N-methyl/N-ethyl adjacent to an activating group) is 1. The average Bonchev–Trinajstić information content (AvgIpc) is 2.26. The minimum absolute atomic E-state index is 0.393. The lowest BCUT2D eigenvalue weighted by molar-refractivity contribution is -0.137. The van der Waals surface area contributed by atoms with Crippen LogP contribution < -0.4 is 10.2 Å². The minimum Gasteiger partial charge on any atom is -0.372 e. The summed E-state index contributed by atoms with van der Waals surface area (Å²) in [6.45, 7) is 5.60. The van der Waals surface area contributed by atoms with Crippen molar-refractivity contribution in [3.05, 3.63) is 28.2 Å². The van der Waals surface area contributed by atoms with Gasteiger partial charge >= 0.3 is 6.18 Å². The highest BCUT2D eigenvalue weighted by Gasteiger charge is 2.30. The number of alkyl halides is 3. The molecule has 1 N–H and O–H groups in total. The van der Waals surface area contributed by atoms with Gasteiger partial charge in [0.2, 0.25) is 0 Å². The van der Waals surface area contributed by atoms with Crippen molar-refractivity contribution in [2.24, 2.45) is 0 Å². The van der Waals surface area contributed by atoms with Crippen LogP contribution in [0.4, 0.5) is 18.9 Å². The molecule has 0 unspecified atom stereocenters. The standard InChI is InChI=1S/C13H18BrF3N2/c1-9(2)18-6-7-19(3)12-5-4-10(8-11(12)14)13(15,16)17/h4-5,8-9,18H,6-7H2,1-3H3. The molecule has 0 fully saturated rings. The second kappa shape index (κ2) is 6.61. The molecule has 0 atom stereocenters. The van der Waals surface area contributed by atoms with E-state index in [4.69, 9.17) is 0 Å². The van der Waals surface area contributed by atoms with Crippen LogP contribution >= 0.6 is 15.9 Å². The third-order valence-corrected chi connectivity index (χ3v) is 3.32. The summed E-state index contributed by atoms with van der Waals surface area (Å²) in [5.41, 5.74) is 0.107. The molecule has 0 amide bonds. The maximum absolute atomic E-state index is 12.5. The maximum Gasteiger partial charge on any atom is 0.416 e. The molecule has 1 rings (SSSR count). The highest BCUT2D eigenvalue weighted by Crippen LogP contribution is 2.34. The summed E-state index contributed by atoms with van der Waals surface area (Å²) < 4.78 is 38.1. The Kier molecular flexibility index (Phi) is 5.67. The van der Waals surface area contributed by atoms with Crippen molar-refractivity contribution in [3.63, 3.8) is 0 Å². The third-order valence-electron chi connectivity index (χ3n) is 2.69. The number of benzene rings is 1. The fourth-order valence-electron chi connectivity index (χ4n) is 1.63. The molecule has 1 aromatic rings. The van der Waals surface area contributed by atoms with Gasteiger partial charge in [-0.2, -0.15) is 13.2 Å². The largest absolute Gasteiger partial charge is 0.416 e. The molecule has 0 aliphatic heterocycles. The Morgan fingerprint density at radius 1 is 1.32 bits per heavy atom. The first-order chi connectivity index (χ1) is 8.71. The van der Waals surface area contributed by atoms with E-state index in [2.05, 4.69) is 21.2 Å². The zero-order chi connectivity index (χ0) is 14.6. The van der Waals surface area contributed by atoms with Crippen LogP contribution in [0.3, 0.4) is 0 Å². The van der Waals surface area contributed by atoms with E-state index in [1.807, 2.05) is 25.8 Å². The molecule has 0 aliphatic carbocycles. The molecule has 0 aromatic heterocycles. The number of anilines is 1. The van der Waals surface area contributed by atoms with Gasteiger partial charge in [0.15, 0.2) is 0 Å². The molecule has 0 spiro atoms. The van der Waals surface area contributed by atoms with Gasteiger partial charge in [-0.15, -0.1) is 0 Å². The summed E-state index contributed by atoms with van der Waals surface area (Å²) in [6, 6.07) is 4.10. The van der Waals surface area contributed by atoms with Gasteiger partial charge in [0.05, 0.1) is 11.3 Å². The van der Waals surface area contributed by atoms with Crippen LogP contribution in [-0.2, 0) is 6.18 Å². The Bertz CT molecular complexity index is 419. The van der Waals surface area contributed by atoms with Crippen LogP contribution in [0.25, 0.3) is 0 Å². The first-order valence-corrected chi connectivity index (χ1v) is 6.82. The summed E-state index contributed by atoms with van der Waals surface area (Å²) in [7, 11) is 1.86. The molecule has 0 aliphatic rings. The molecule has 1 aromatic carbocycles. The molecule has 0 saturated heterocycles. The Labute approximate surface area is 120 Å². The van der Waals surface area contributed by atoms with Gasteiger partial charge in [-0.25, -0.2) is 0 Å². The molecule has 0 radical (unpaired) electrons. The molecule has 2 nitrogen and oxygen atoms in total. The zero-order valence-corrected chi connectivity index (χ0v) is 12.8. The normalized spacial score (nSPS) is 12.0. The third kappa shape index (κ3) is 5.03. The van der Waals surface area contributed by atoms with E-state index in [9.17, 15) is 13.2 Å². The van der Waals surface area contributed by atoms with Gasteiger partial charge in [0, 0.05) is 30.7 Å². The molecular formula is C13H18BrF3N2. The van der Waals surface area contributed by atoms with Crippen molar-refractivity contribution >= 4 is 21.6 Å². The summed E-state index contributed by atoms with van der Waals surface area (Å²) in [6.07, 6.45) is -4.31. The number of nitrogens with one attached hydrogen (secondary N) is 1.